The van der Waals surface area contributed by atoms with E-state index < -0.39 is 0 Å². The van der Waals surface area contributed by atoms with E-state index in [0.29, 0.717) is 23.2 Å². The van der Waals surface area contributed by atoms with Gasteiger partial charge >= 0.3 is 0 Å². The van der Waals surface area contributed by atoms with Gasteiger partial charge in [-0.1, -0.05) is 17.7 Å². The first kappa shape index (κ1) is 18.2. The summed E-state index contributed by atoms with van der Waals surface area (Å²) in [5.41, 5.74) is 7.65. The molecule has 1 aromatic rings. The molecule has 0 bridgehead atoms. The lowest BCUT2D eigenvalue weighted by molar-refractivity contribution is -0.117. The van der Waals surface area contributed by atoms with E-state index in [0.717, 1.165) is 25.1 Å². The third kappa shape index (κ3) is 5.15. The highest BCUT2D eigenvalue weighted by atomic mass is 35.5. The lowest BCUT2D eigenvalue weighted by Gasteiger charge is -2.17. The van der Waals surface area contributed by atoms with E-state index in [1.165, 1.54) is 0 Å². The molecule has 0 radical (unpaired) electrons. The van der Waals surface area contributed by atoms with Crippen LogP contribution in [0.3, 0.4) is 0 Å². The molecule has 1 aromatic carbocycles. The topological polar surface area (TPSA) is 58.4 Å². The van der Waals surface area contributed by atoms with E-state index in [2.05, 4.69) is 10.2 Å². The summed E-state index contributed by atoms with van der Waals surface area (Å²) in [6.45, 7) is 6.22. The quantitative estimate of drug-likeness (QED) is 0.891. The van der Waals surface area contributed by atoms with E-state index in [1.807, 2.05) is 32.0 Å². The van der Waals surface area contributed by atoms with E-state index in [1.54, 1.807) is 0 Å². The van der Waals surface area contributed by atoms with Gasteiger partial charge in [-0.2, -0.15) is 0 Å². The number of halogens is 2. The van der Waals surface area contributed by atoms with Gasteiger partial charge in [-0.25, -0.2) is 0 Å². The molecule has 21 heavy (non-hydrogen) atoms. The third-order valence-corrected chi connectivity index (χ3v) is 4.13. The Morgan fingerprint density at radius 2 is 2.29 bits per heavy atom. The van der Waals surface area contributed by atoms with Crippen LogP contribution < -0.4 is 11.1 Å². The molecule has 1 saturated heterocycles. The van der Waals surface area contributed by atoms with Crippen molar-refractivity contribution in [1.82, 2.24) is 4.90 Å². The minimum Gasteiger partial charge on any atom is -0.328 e. The molecular weight excluding hydrogens is 309 g/mol. The summed E-state index contributed by atoms with van der Waals surface area (Å²) < 4.78 is 0. The Balaban J connectivity index is 0.00000220. The first-order valence-corrected chi connectivity index (χ1v) is 7.37. The molecule has 1 aliphatic heterocycles. The first-order valence-electron chi connectivity index (χ1n) is 6.99. The smallest absolute Gasteiger partial charge is 0.238 e. The van der Waals surface area contributed by atoms with Gasteiger partial charge in [0.15, 0.2) is 0 Å². The summed E-state index contributed by atoms with van der Waals surface area (Å²) in [5, 5.41) is 3.44. The highest BCUT2D eigenvalue weighted by Crippen LogP contribution is 2.23. The molecule has 2 rings (SSSR count). The van der Waals surface area contributed by atoms with Crippen LogP contribution in [-0.4, -0.2) is 36.5 Å². The van der Waals surface area contributed by atoms with Gasteiger partial charge in [0, 0.05) is 12.6 Å². The number of carbonyl (C=O) groups excluding carboxylic acids is 1. The van der Waals surface area contributed by atoms with Gasteiger partial charge in [0.2, 0.25) is 5.91 Å². The molecule has 2 unspecified atom stereocenters. The molecule has 3 N–H and O–H groups in total. The SMILES string of the molecule is Cc1ccc(NC(=O)CN2CCC(C(C)N)C2)c(Cl)c1.Cl. The Morgan fingerprint density at radius 1 is 1.57 bits per heavy atom. The van der Waals surface area contributed by atoms with Crippen molar-refractivity contribution in [1.29, 1.82) is 0 Å². The number of hydrogen-bond donors (Lipinski definition) is 2. The predicted octanol–water partition coefficient (Wildman–Crippen LogP) is 2.68. The van der Waals surface area contributed by atoms with Crippen LogP contribution in [0.25, 0.3) is 0 Å². The Hall–Kier alpha value is -0.810. The average Bonchev–Trinajstić information content (AvgIpc) is 2.81. The number of nitrogens with zero attached hydrogens (tertiary/aromatic N) is 1. The van der Waals surface area contributed by atoms with Crippen molar-refractivity contribution >= 4 is 35.6 Å². The van der Waals surface area contributed by atoms with Gasteiger partial charge in [-0.3, -0.25) is 9.69 Å². The summed E-state index contributed by atoms with van der Waals surface area (Å²) >= 11 is 6.11. The van der Waals surface area contributed by atoms with Crippen LogP contribution in [0.4, 0.5) is 5.69 Å². The monoisotopic (exact) mass is 331 g/mol. The fraction of sp³-hybridized carbons (Fsp3) is 0.533. The predicted molar refractivity (Wildman–Crippen MR) is 90.3 cm³/mol. The molecule has 0 saturated carbocycles. The summed E-state index contributed by atoms with van der Waals surface area (Å²) in [6.07, 6.45) is 1.07. The molecule has 0 aromatic heterocycles. The van der Waals surface area contributed by atoms with E-state index >= 15 is 0 Å². The van der Waals surface area contributed by atoms with Crippen LogP contribution in [-0.2, 0) is 4.79 Å². The summed E-state index contributed by atoms with van der Waals surface area (Å²) in [4.78, 5) is 14.2. The molecule has 1 fully saturated rings. The van der Waals surface area contributed by atoms with Crippen molar-refractivity contribution in [3.05, 3.63) is 28.8 Å². The number of rotatable bonds is 4. The lowest BCUT2D eigenvalue weighted by Crippen LogP contribution is -2.34. The summed E-state index contributed by atoms with van der Waals surface area (Å²) in [6, 6.07) is 5.81. The minimum absolute atomic E-state index is 0. The normalized spacial score (nSPS) is 19.9. The lowest BCUT2D eigenvalue weighted by atomic mass is 10.0. The largest absolute Gasteiger partial charge is 0.328 e. The van der Waals surface area contributed by atoms with Crippen LogP contribution in [0, 0.1) is 12.8 Å². The van der Waals surface area contributed by atoms with Crippen molar-refractivity contribution < 1.29 is 4.79 Å². The Kier molecular flexibility index (Phi) is 6.94. The molecule has 1 aliphatic rings. The highest BCUT2D eigenvalue weighted by molar-refractivity contribution is 6.33. The number of likely N-dealkylation sites (tertiary alicyclic amines) is 1. The number of nitrogens with one attached hydrogen (secondary N) is 1. The fourth-order valence-corrected chi connectivity index (χ4v) is 2.83. The number of hydrogen-bond acceptors (Lipinski definition) is 3. The molecule has 4 nitrogen and oxygen atoms in total. The van der Waals surface area contributed by atoms with Gasteiger partial charge in [-0.15, -0.1) is 12.4 Å². The molecule has 1 heterocycles. The summed E-state index contributed by atoms with van der Waals surface area (Å²) in [5.74, 6) is 0.465. The van der Waals surface area contributed by atoms with Crippen LogP contribution in [0.15, 0.2) is 18.2 Å². The maximum atomic E-state index is 12.0. The Bertz CT molecular complexity index is 494. The summed E-state index contributed by atoms with van der Waals surface area (Å²) in [7, 11) is 0. The average molecular weight is 332 g/mol. The van der Waals surface area contributed by atoms with Gasteiger partial charge in [0.25, 0.3) is 0 Å². The number of benzene rings is 1. The molecular formula is C15H23Cl2N3O. The molecule has 0 spiro atoms. The van der Waals surface area contributed by atoms with Crippen molar-refractivity contribution in [2.75, 3.05) is 25.0 Å². The zero-order valence-corrected chi connectivity index (χ0v) is 14.0. The Morgan fingerprint density at radius 3 is 2.86 bits per heavy atom. The van der Waals surface area contributed by atoms with Crippen LogP contribution in [0.5, 0.6) is 0 Å². The van der Waals surface area contributed by atoms with Gasteiger partial charge in [0.05, 0.1) is 17.3 Å². The van der Waals surface area contributed by atoms with Crippen LogP contribution in [0.2, 0.25) is 5.02 Å². The van der Waals surface area contributed by atoms with Crippen LogP contribution in [0.1, 0.15) is 18.9 Å². The zero-order valence-electron chi connectivity index (χ0n) is 12.4. The number of anilines is 1. The standard InChI is InChI=1S/C15H22ClN3O.ClH/c1-10-3-4-14(13(16)7-10)18-15(20)9-19-6-5-12(8-19)11(2)17;/h3-4,7,11-12H,5-6,8-9,17H2,1-2H3,(H,18,20);1H. The molecule has 0 aliphatic carbocycles. The molecule has 1 amide bonds. The number of carbonyl (C=O) groups is 1. The first-order chi connectivity index (χ1) is 9.45. The fourth-order valence-electron chi connectivity index (χ4n) is 2.55. The molecule has 118 valence electrons. The maximum absolute atomic E-state index is 12.0. The van der Waals surface area contributed by atoms with E-state index in [9.17, 15) is 4.79 Å². The number of aryl methyl sites for hydroxylation is 1. The van der Waals surface area contributed by atoms with E-state index in [4.69, 9.17) is 17.3 Å². The van der Waals surface area contributed by atoms with E-state index in [-0.39, 0.29) is 24.4 Å². The zero-order chi connectivity index (χ0) is 14.7. The molecule has 2 atom stereocenters. The van der Waals surface area contributed by atoms with Gasteiger partial charge in [0.1, 0.15) is 0 Å². The maximum Gasteiger partial charge on any atom is 0.238 e. The second-order valence-electron chi connectivity index (χ2n) is 5.67. The minimum atomic E-state index is -0.0268. The molecule has 6 heteroatoms. The van der Waals surface area contributed by atoms with Crippen LogP contribution >= 0.6 is 24.0 Å². The van der Waals surface area contributed by atoms with Crippen molar-refractivity contribution in [3.63, 3.8) is 0 Å². The van der Waals surface area contributed by atoms with Gasteiger partial charge in [-0.05, 0) is 50.4 Å². The van der Waals surface area contributed by atoms with Crippen molar-refractivity contribution in [3.8, 4) is 0 Å². The third-order valence-electron chi connectivity index (χ3n) is 3.82. The van der Waals surface area contributed by atoms with Gasteiger partial charge < -0.3 is 11.1 Å². The Labute approximate surface area is 137 Å². The second kappa shape index (κ2) is 7.99. The van der Waals surface area contributed by atoms with Crippen molar-refractivity contribution in [2.45, 2.75) is 26.3 Å². The number of amides is 1. The van der Waals surface area contributed by atoms with Crippen molar-refractivity contribution in [2.24, 2.45) is 11.7 Å². The number of nitrogens with two attached hydrogens (primary N) is 1. The highest BCUT2D eigenvalue weighted by Gasteiger charge is 2.26. The second-order valence-corrected chi connectivity index (χ2v) is 6.08.